The number of ether oxygens (including phenoxy) is 2. The van der Waals surface area contributed by atoms with Crippen molar-refractivity contribution in [2.24, 2.45) is 0 Å². The Labute approximate surface area is 137 Å². The van der Waals surface area contributed by atoms with Gasteiger partial charge >= 0.3 is 12.3 Å². The molecule has 24 heavy (non-hydrogen) atoms. The molecule has 1 saturated carbocycles. The first kappa shape index (κ1) is 18.4. The quantitative estimate of drug-likeness (QED) is 0.829. The van der Waals surface area contributed by atoms with Crippen molar-refractivity contribution < 1.29 is 31.8 Å². The fraction of sp³-hybridized carbons (Fsp3) is 0.562. The Balaban J connectivity index is 1.85. The fourth-order valence-electron chi connectivity index (χ4n) is 2.18. The summed E-state index contributed by atoms with van der Waals surface area (Å²) in [5.41, 5.74) is -1.78. The fourth-order valence-corrected chi connectivity index (χ4v) is 2.18. The highest BCUT2D eigenvalue weighted by Crippen LogP contribution is 2.35. The van der Waals surface area contributed by atoms with Crippen molar-refractivity contribution in [1.82, 2.24) is 5.32 Å². The van der Waals surface area contributed by atoms with Crippen LogP contribution in [0.5, 0.6) is 5.75 Å². The third-order valence-electron chi connectivity index (χ3n) is 3.35. The van der Waals surface area contributed by atoms with Gasteiger partial charge in [0.1, 0.15) is 23.8 Å². The molecular weight excluding hydrogens is 330 g/mol. The van der Waals surface area contributed by atoms with E-state index in [0.29, 0.717) is 18.9 Å². The minimum Gasteiger partial charge on any atom is -0.490 e. The van der Waals surface area contributed by atoms with Gasteiger partial charge in [-0.25, -0.2) is 9.18 Å². The van der Waals surface area contributed by atoms with Crippen LogP contribution in [0.1, 0.15) is 39.2 Å². The lowest BCUT2D eigenvalue weighted by molar-refractivity contribution is -0.140. The summed E-state index contributed by atoms with van der Waals surface area (Å²) < 4.78 is 61.7. The Hall–Kier alpha value is -1.99. The van der Waals surface area contributed by atoms with E-state index in [4.69, 9.17) is 9.47 Å². The second-order valence-electron chi connectivity index (χ2n) is 6.75. The predicted octanol–water partition coefficient (Wildman–Crippen LogP) is 4.28. The number of benzene rings is 1. The molecule has 134 valence electrons. The van der Waals surface area contributed by atoms with Gasteiger partial charge in [0, 0.05) is 18.4 Å². The molecular formula is C16H19F4NO3. The first-order valence-electron chi connectivity index (χ1n) is 7.46. The Morgan fingerprint density at radius 1 is 1.17 bits per heavy atom. The molecule has 1 aromatic carbocycles. The lowest BCUT2D eigenvalue weighted by Gasteiger charge is -2.35. The first-order valence-corrected chi connectivity index (χ1v) is 7.46. The number of amides is 1. The van der Waals surface area contributed by atoms with Crippen molar-refractivity contribution >= 4 is 6.09 Å². The lowest BCUT2D eigenvalue weighted by atomic mass is 9.92. The smallest absolute Gasteiger partial charge is 0.419 e. The third kappa shape index (κ3) is 5.01. The summed E-state index contributed by atoms with van der Waals surface area (Å²) >= 11 is 0. The average molecular weight is 349 g/mol. The zero-order chi connectivity index (χ0) is 18.1. The number of alkyl halides is 3. The van der Waals surface area contributed by atoms with Gasteiger partial charge in [0.2, 0.25) is 0 Å². The number of carbonyl (C=O) groups is 1. The molecule has 0 aliphatic heterocycles. The van der Waals surface area contributed by atoms with Gasteiger partial charge in [0.05, 0.1) is 5.56 Å². The van der Waals surface area contributed by atoms with Crippen LogP contribution in [0.2, 0.25) is 0 Å². The van der Waals surface area contributed by atoms with Crippen LogP contribution >= 0.6 is 0 Å². The molecule has 1 aliphatic carbocycles. The van der Waals surface area contributed by atoms with E-state index in [-0.39, 0.29) is 18.0 Å². The van der Waals surface area contributed by atoms with Gasteiger partial charge < -0.3 is 14.8 Å². The maximum absolute atomic E-state index is 13.2. The molecule has 1 N–H and O–H groups in total. The molecule has 1 fully saturated rings. The summed E-state index contributed by atoms with van der Waals surface area (Å²) in [4.78, 5) is 11.6. The molecule has 0 radical (unpaired) electrons. The summed E-state index contributed by atoms with van der Waals surface area (Å²) in [6.45, 7) is 5.44. The van der Waals surface area contributed by atoms with Crippen molar-refractivity contribution in [3.05, 3.63) is 29.6 Å². The summed E-state index contributed by atoms with van der Waals surface area (Å²) in [5.74, 6) is -1.41. The summed E-state index contributed by atoms with van der Waals surface area (Å²) in [6, 6.07) is 2.50. The van der Waals surface area contributed by atoms with E-state index in [1.807, 2.05) is 20.8 Å². The van der Waals surface area contributed by atoms with Crippen LogP contribution in [0, 0.1) is 5.82 Å². The Kier molecular flexibility index (Phi) is 4.96. The van der Waals surface area contributed by atoms with Crippen LogP contribution in [0.4, 0.5) is 22.4 Å². The monoisotopic (exact) mass is 349 g/mol. The molecule has 0 saturated heterocycles. The number of carbonyl (C=O) groups excluding carboxylic acids is 1. The van der Waals surface area contributed by atoms with E-state index in [9.17, 15) is 22.4 Å². The Morgan fingerprint density at radius 3 is 2.33 bits per heavy atom. The molecule has 0 unspecified atom stereocenters. The van der Waals surface area contributed by atoms with Crippen LogP contribution < -0.4 is 10.1 Å². The molecule has 1 aliphatic rings. The first-order chi connectivity index (χ1) is 10.9. The molecule has 0 bridgehead atoms. The van der Waals surface area contributed by atoms with E-state index in [1.54, 1.807) is 0 Å². The van der Waals surface area contributed by atoms with Crippen LogP contribution in [0.3, 0.4) is 0 Å². The van der Waals surface area contributed by atoms with Crippen molar-refractivity contribution in [2.75, 3.05) is 0 Å². The molecule has 0 atom stereocenters. The summed E-state index contributed by atoms with van der Waals surface area (Å²) in [7, 11) is 0. The lowest BCUT2D eigenvalue weighted by Crippen LogP contribution is -2.46. The van der Waals surface area contributed by atoms with Gasteiger partial charge in [-0.15, -0.1) is 0 Å². The van der Waals surface area contributed by atoms with E-state index < -0.39 is 29.2 Å². The zero-order valence-electron chi connectivity index (χ0n) is 13.5. The van der Waals surface area contributed by atoms with E-state index >= 15 is 0 Å². The van der Waals surface area contributed by atoms with Crippen molar-refractivity contribution in [1.29, 1.82) is 0 Å². The molecule has 0 aromatic heterocycles. The van der Waals surface area contributed by atoms with Crippen molar-refractivity contribution in [3.8, 4) is 5.75 Å². The van der Waals surface area contributed by atoms with Crippen LogP contribution in [-0.2, 0) is 10.9 Å². The molecule has 0 spiro atoms. The van der Waals surface area contributed by atoms with Gasteiger partial charge in [-0.3, -0.25) is 0 Å². The highest BCUT2D eigenvalue weighted by molar-refractivity contribution is 5.68. The highest BCUT2D eigenvalue weighted by atomic mass is 19.4. The van der Waals surface area contributed by atoms with Gasteiger partial charge in [0.25, 0.3) is 0 Å². The van der Waals surface area contributed by atoms with Gasteiger partial charge in [0.15, 0.2) is 0 Å². The normalized spacial score (nSPS) is 21.0. The molecule has 1 aromatic rings. The van der Waals surface area contributed by atoms with Gasteiger partial charge in [-0.05, 0) is 39.0 Å². The van der Waals surface area contributed by atoms with Crippen LogP contribution in [0.25, 0.3) is 0 Å². The third-order valence-corrected chi connectivity index (χ3v) is 3.35. The van der Waals surface area contributed by atoms with Crippen LogP contribution in [-0.4, -0.2) is 23.8 Å². The van der Waals surface area contributed by atoms with Crippen LogP contribution in [0.15, 0.2) is 18.2 Å². The van der Waals surface area contributed by atoms with Gasteiger partial charge in [-0.2, -0.15) is 13.2 Å². The number of hydrogen-bond acceptors (Lipinski definition) is 3. The van der Waals surface area contributed by atoms with Gasteiger partial charge in [-0.1, -0.05) is 0 Å². The maximum Gasteiger partial charge on any atom is 0.419 e. The number of nitrogens with one attached hydrogen (secondary N) is 1. The van der Waals surface area contributed by atoms with E-state index in [0.717, 1.165) is 12.1 Å². The molecule has 1 amide bonds. The van der Waals surface area contributed by atoms with Crippen molar-refractivity contribution in [3.63, 3.8) is 0 Å². The van der Waals surface area contributed by atoms with Crippen molar-refractivity contribution in [2.45, 2.75) is 57.5 Å². The summed E-state index contributed by atoms with van der Waals surface area (Å²) in [6.07, 6.45) is -5.30. The molecule has 4 nitrogen and oxygen atoms in total. The minimum atomic E-state index is -4.78. The Morgan fingerprint density at radius 2 is 1.79 bits per heavy atom. The van der Waals surface area contributed by atoms with E-state index in [1.165, 1.54) is 0 Å². The number of halogens is 4. The maximum atomic E-state index is 13.2. The number of rotatable bonds is 3. The number of hydrogen-bond donors (Lipinski definition) is 1. The summed E-state index contributed by atoms with van der Waals surface area (Å²) in [5, 5.41) is 2.64. The molecule has 0 heterocycles. The number of alkyl carbamates (subject to hydrolysis) is 1. The SMILES string of the molecule is CC(C)(C)NC(=O)OC1CC(Oc2ccc(F)c(C(F)(F)F)c2)C1. The topological polar surface area (TPSA) is 47.6 Å². The zero-order valence-corrected chi connectivity index (χ0v) is 13.5. The Bertz CT molecular complexity index is 604. The predicted molar refractivity (Wildman–Crippen MR) is 78.2 cm³/mol. The average Bonchev–Trinajstić information content (AvgIpc) is 2.34. The molecule has 8 heteroatoms. The highest BCUT2D eigenvalue weighted by Gasteiger charge is 2.37. The second kappa shape index (κ2) is 6.49. The minimum absolute atomic E-state index is 0.0636. The largest absolute Gasteiger partial charge is 0.490 e. The second-order valence-corrected chi connectivity index (χ2v) is 6.75. The standard InChI is InChI=1S/C16H19F4NO3/c1-15(2,3)21-14(22)24-11-6-10(7-11)23-9-4-5-13(17)12(8-9)16(18,19)20/h4-5,8,10-11H,6-7H2,1-3H3,(H,21,22). The molecule has 2 rings (SSSR count). The van der Waals surface area contributed by atoms with E-state index in [2.05, 4.69) is 5.32 Å².